The highest BCUT2D eigenvalue weighted by molar-refractivity contribution is 7.94. The van der Waals surface area contributed by atoms with Gasteiger partial charge in [-0.15, -0.1) is 4.33 Å². The van der Waals surface area contributed by atoms with Crippen molar-refractivity contribution in [3.8, 4) is 0 Å². The van der Waals surface area contributed by atoms with Crippen LogP contribution in [0.15, 0.2) is 17.0 Å². The zero-order valence-electron chi connectivity index (χ0n) is 12.0. The van der Waals surface area contributed by atoms with Crippen LogP contribution in [0.2, 0.25) is 0 Å². The van der Waals surface area contributed by atoms with Crippen molar-refractivity contribution in [2.24, 2.45) is 0 Å². The van der Waals surface area contributed by atoms with Crippen molar-refractivity contribution >= 4 is 40.3 Å². The lowest BCUT2D eigenvalue weighted by Crippen LogP contribution is -2.25. The molecule has 1 aromatic heterocycles. The molecule has 0 spiro atoms. The molecule has 2 N–H and O–H groups in total. The van der Waals surface area contributed by atoms with Crippen LogP contribution in [-0.4, -0.2) is 28.5 Å². The molecule has 1 amide bonds. The molecule has 2 aromatic rings. The molecule has 3 rings (SSSR count). The first-order chi connectivity index (χ1) is 10.5. The van der Waals surface area contributed by atoms with E-state index in [1.807, 2.05) is 0 Å². The molecular formula is C14H14N2O5S. The fourth-order valence-electron chi connectivity index (χ4n) is 2.79. The predicted molar refractivity (Wildman–Crippen MR) is 80.7 cm³/mol. The van der Waals surface area contributed by atoms with Crippen molar-refractivity contribution in [1.29, 1.82) is 0 Å². The van der Waals surface area contributed by atoms with Gasteiger partial charge in [-0.05, 0) is 24.1 Å². The number of hydrogen-bond acceptors (Lipinski definition) is 6. The van der Waals surface area contributed by atoms with Crippen LogP contribution in [0.1, 0.15) is 29.9 Å². The minimum absolute atomic E-state index is 0.0456. The minimum atomic E-state index is -0.0818. The number of fused-ring (bicyclic) bond motifs is 3. The van der Waals surface area contributed by atoms with Gasteiger partial charge in [-0.1, -0.05) is 5.04 Å². The van der Waals surface area contributed by atoms with Crippen molar-refractivity contribution in [1.82, 2.24) is 4.98 Å². The van der Waals surface area contributed by atoms with Crippen LogP contribution in [0.4, 0.5) is 5.69 Å². The molecule has 1 aliphatic rings. The Hall–Kier alpha value is -1.87. The van der Waals surface area contributed by atoms with E-state index in [1.54, 1.807) is 17.0 Å². The van der Waals surface area contributed by atoms with Crippen molar-refractivity contribution in [2.45, 2.75) is 25.2 Å². The number of Topliss-reactive ketones (excluding diaryl/α,β-unsaturated/α-hetero) is 1. The van der Waals surface area contributed by atoms with Gasteiger partial charge in [0.25, 0.3) is 0 Å². The van der Waals surface area contributed by atoms with Gasteiger partial charge in [0.15, 0.2) is 5.78 Å². The third-order valence-electron chi connectivity index (χ3n) is 3.76. The number of amides is 1. The summed E-state index contributed by atoms with van der Waals surface area (Å²) in [4.78, 5) is 28.7. The number of hydrogen-bond donors (Lipinski definition) is 2. The molecule has 0 saturated carbocycles. The van der Waals surface area contributed by atoms with E-state index >= 15 is 0 Å². The summed E-state index contributed by atoms with van der Waals surface area (Å²) in [7, 11) is 0. The van der Waals surface area contributed by atoms with Gasteiger partial charge in [0.05, 0.1) is 28.1 Å². The Balaban J connectivity index is 2.21. The summed E-state index contributed by atoms with van der Waals surface area (Å²) in [5, 5.41) is 12.9. The lowest BCUT2D eigenvalue weighted by atomic mass is 10.1. The summed E-state index contributed by atoms with van der Waals surface area (Å²) in [6, 6.07) is 3.57. The van der Waals surface area contributed by atoms with Gasteiger partial charge in [-0.3, -0.25) is 9.59 Å². The Morgan fingerprint density at radius 2 is 2.14 bits per heavy atom. The third kappa shape index (κ3) is 2.40. The molecular weight excluding hydrogens is 308 g/mol. The first kappa shape index (κ1) is 15.0. The number of anilines is 1. The number of ketones is 1. The minimum Gasteiger partial charge on any atom is -0.351 e. The second-order valence-corrected chi connectivity index (χ2v) is 5.79. The highest BCUT2D eigenvalue weighted by Gasteiger charge is 2.27. The molecule has 0 fully saturated rings. The zero-order valence-corrected chi connectivity index (χ0v) is 12.8. The average Bonchev–Trinajstić information content (AvgIpc) is 3.07. The topological polar surface area (TPSA) is 91.9 Å². The fourth-order valence-corrected chi connectivity index (χ4v) is 3.30. The van der Waals surface area contributed by atoms with E-state index < -0.39 is 0 Å². The summed E-state index contributed by atoms with van der Waals surface area (Å²) >= 11 is 0.802. The number of nitrogens with one attached hydrogen (secondary N) is 1. The normalized spacial score (nSPS) is 13.7. The molecule has 0 saturated heterocycles. The summed E-state index contributed by atoms with van der Waals surface area (Å²) < 4.78 is 4.52. The summed E-state index contributed by atoms with van der Waals surface area (Å²) in [5.41, 5.74) is 3.01. The van der Waals surface area contributed by atoms with Crippen LogP contribution in [0.25, 0.3) is 10.9 Å². The molecule has 0 aliphatic carbocycles. The first-order valence-electron chi connectivity index (χ1n) is 6.65. The van der Waals surface area contributed by atoms with E-state index in [0.717, 1.165) is 40.6 Å². The SMILES string of the molecule is CC(=O)c1cc2c3c(cc(SOOO)c2[nH]1)N(C(C)=O)CC3. The molecule has 8 heteroatoms. The zero-order chi connectivity index (χ0) is 15.9. The quantitative estimate of drug-likeness (QED) is 0.389. The molecule has 0 unspecified atom stereocenters. The number of H-pyrrole nitrogens is 1. The van der Waals surface area contributed by atoms with E-state index in [0.29, 0.717) is 17.1 Å². The van der Waals surface area contributed by atoms with Gasteiger partial charge in [0, 0.05) is 31.5 Å². The van der Waals surface area contributed by atoms with E-state index in [4.69, 9.17) is 5.26 Å². The van der Waals surface area contributed by atoms with Crippen LogP contribution >= 0.6 is 12.0 Å². The smallest absolute Gasteiger partial charge is 0.223 e. The highest BCUT2D eigenvalue weighted by atomic mass is 32.2. The monoisotopic (exact) mass is 322 g/mol. The van der Waals surface area contributed by atoms with Gasteiger partial charge >= 0.3 is 0 Å². The largest absolute Gasteiger partial charge is 0.351 e. The number of carbonyl (C=O) groups is 2. The molecule has 0 atom stereocenters. The maximum Gasteiger partial charge on any atom is 0.223 e. The summed E-state index contributed by atoms with van der Waals surface area (Å²) in [5.74, 6) is -0.127. The molecule has 2 heterocycles. The average molecular weight is 322 g/mol. The predicted octanol–water partition coefficient (Wildman–Crippen LogP) is 2.71. The second-order valence-electron chi connectivity index (χ2n) is 5.05. The van der Waals surface area contributed by atoms with Gasteiger partial charge in [-0.2, -0.15) is 0 Å². The van der Waals surface area contributed by atoms with Crippen molar-refractivity contribution < 1.29 is 24.2 Å². The van der Waals surface area contributed by atoms with Crippen molar-refractivity contribution in [3.05, 3.63) is 23.4 Å². The Morgan fingerprint density at radius 1 is 1.36 bits per heavy atom. The maximum atomic E-state index is 11.7. The van der Waals surface area contributed by atoms with E-state index in [2.05, 4.69) is 14.4 Å². The van der Waals surface area contributed by atoms with Crippen LogP contribution < -0.4 is 4.90 Å². The van der Waals surface area contributed by atoms with Crippen molar-refractivity contribution in [2.75, 3.05) is 11.4 Å². The maximum absolute atomic E-state index is 11.7. The van der Waals surface area contributed by atoms with Crippen LogP contribution in [-0.2, 0) is 20.6 Å². The molecule has 22 heavy (non-hydrogen) atoms. The Bertz CT molecular complexity index is 770. The third-order valence-corrected chi connectivity index (χ3v) is 4.39. The Kier molecular flexibility index (Phi) is 3.92. The number of nitrogens with zero attached hydrogens (tertiary/aromatic N) is 1. The number of benzene rings is 1. The second kappa shape index (κ2) is 5.73. The number of rotatable bonds is 4. The molecule has 0 bridgehead atoms. The van der Waals surface area contributed by atoms with Gasteiger partial charge in [0.2, 0.25) is 5.91 Å². The molecule has 0 radical (unpaired) electrons. The van der Waals surface area contributed by atoms with Crippen LogP contribution in [0, 0.1) is 0 Å². The van der Waals surface area contributed by atoms with E-state index in [1.165, 1.54) is 13.8 Å². The van der Waals surface area contributed by atoms with Crippen LogP contribution in [0.5, 0.6) is 0 Å². The standard InChI is InChI=1S/C14H14N2O5S/c1-7(17)11-5-10-9-3-4-16(8(2)18)12(9)6-13(14(10)15-11)22-21-20-19/h5-6,15,19H,3-4H2,1-2H3. The number of carbonyl (C=O) groups excluding carboxylic acids is 2. The summed E-state index contributed by atoms with van der Waals surface area (Å²) in [6.07, 6.45) is 0.725. The van der Waals surface area contributed by atoms with Crippen LogP contribution in [0.3, 0.4) is 0 Å². The van der Waals surface area contributed by atoms with Gasteiger partial charge in [0.1, 0.15) is 0 Å². The number of aromatic nitrogens is 1. The molecule has 1 aliphatic heterocycles. The van der Waals surface area contributed by atoms with E-state index in [-0.39, 0.29) is 11.7 Å². The highest BCUT2D eigenvalue weighted by Crippen LogP contribution is 2.40. The van der Waals surface area contributed by atoms with Gasteiger partial charge < -0.3 is 9.88 Å². The summed E-state index contributed by atoms with van der Waals surface area (Å²) in [6.45, 7) is 3.59. The first-order valence-corrected chi connectivity index (χ1v) is 7.39. The fraction of sp³-hybridized carbons (Fsp3) is 0.286. The Labute approximate surface area is 130 Å². The lowest BCUT2D eigenvalue weighted by molar-refractivity contribution is -0.432. The number of aromatic amines is 1. The molecule has 116 valence electrons. The van der Waals surface area contributed by atoms with Gasteiger partial charge in [-0.25, -0.2) is 5.26 Å². The lowest BCUT2D eigenvalue weighted by Gasteiger charge is -2.15. The molecule has 7 nitrogen and oxygen atoms in total. The van der Waals surface area contributed by atoms with Crippen molar-refractivity contribution in [3.63, 3.8) is 0 Å². The Morgan fingerprint density at radius 3 is 2.77 bits per heavy atom. The van der Waals surface area contributed by atoms with E-state index in [9.17, 15) is 9.59 Å². The molecule has 1 aromatic carbocycles.